The Hall–Kier alpha value is -1.57. The lowest BCUT2D eigenvalue weighted by Crippen LogP contribution is -2.55. The molecule has 0 bridgehead atoms. The Morgan fingerprint density at radius 3 is 2.70 bits per heavy atom. The third kappa shape index (κ3) is 5.24. The molecule has 2 aliphatic heterocycles. The molecule has 5 nitrogen and oxygen atoms in total. The van der Waals surface area contributed by atoms with E-state index < -0.39 is 11.6 Å². The van der Waals surface area contributed by atoms with Gasteiger partial charge in [-0.05, 0) is 36.8 Å². The van der Waals surface area contributed by atoms with Gasteiger partial charge in [-0.2, -0.15) is 0 Å². The van der Waals surface area contributed by atoms with Crippen LogP contribution in [0.1, 0.15) is 24.8 Å². The number of hydrogen-bond donors (Lipinski definition) is 1. The van der Waals surface area contributed by atoms with Gasteiger partial charge in [0, 0.05) is 44.9 Å². The summed E-state index contributed by atoms with van der Waals surface area (Å²) in [5.41, 5.74) is 0.226. The van der Waals surface area contributed by atoms with E-state index in [0.717, 1.165) is 45.2 Å². The van der Waals surface area contributed by atoms with E-state index in [9.17, 15) is 18.7 Å². The van der Waals surface area contributed by atoms with E-state index in [4.69, 9.17) is 4.74 Å². The number of morpholine rings is 1. The van der Waals surface area contributed by atoms with E-state index in [-0.39, 0.29) is 30.4 Å². The Balaban J connectivity index is 1.63. The highest BCUT2D eigenvalue weighted by molar-refractivity contribution is 5.79. The van der Waals surface area contributed by atoms with E-state index in [2.05, 4.69) is 4.90 Å². The molecule has 1 aromatic carbocycles. The van der Waals surface area contributed by atoms with Crippen molar-refractivity contribution in [2.45, 2.75) is 31.7 Å². The fraction of sp³-hybridized carbons (Fsp3) is 0.650. The second-order valence-electron chi connectivity index (χ2n) is 7.38. The maximum atomic E-state index is 13.9. The topological polar surface area (TPSA) is 53.0 Å². The van der Waals surface area contributed by atoms with Gasteiger partial charge in [0.1, 0.15) is 11.6 Å². The van der Waals surface area contributed by atoms with Gasteiger partial charge in [0.05, 0.1) is 19.6 Å². The highest BCUT2D eigenvalue weighted by atomic mass is 19.1. The van der Waals surface area contributed by atoms with Gasteiger partial charge in [-0.1, -0.05) is 6.07 Å². The zero-order valence-electron chi connectivity index (χ0n) is 15.6. The number of benzene rings is 1. The van der Waals surface area contributed by atoms with Crippen LogP contribution in [0.25, 0.3) is 0 Å². The Bertz CT molecular complexity index is 638. The van der Waals surface area contributed by atoms with Crippen LogP contribution in [0.3, 0.4) is 0 Å². The molecule has 2 saturated heterocycles. The summed E-state index contributed by atoms with van der Waals surface area (Å²) in [6.45, 7) is 4.65. The van der Waals surface area contributed by atoms with Crippen LogP contribution in [0, 0.1) is 17.6 Å². The Kier molecular flexibility index (Phi) is 7.15. The number of carbonyl (C=O) groups is 1. The van der Waals surface area contributed by atoms with Crippen molar-refractivity contribution in [2.75, 3.05) is 46.0 Å². The largest absolute Gasteiger partial charge is 0.396 e. The number of carbonyl (C=O) groups excluding carboxylic acids is 1. The molecule has 7 heteroatoms. The highest BCUT2D eigenvalue weighted by Crippen LogP contribution is 2.27. The minimum Gasteiger partial charge on any atom is -0.396 e. The first-order valence-corrected chi connectivity index (χ1v) is 9.73. The molecule has 2 atom stereocenters. The van der Waals surface area contributed by atoms with E-state index in [1.807, 2.05) is 0 Å². The monoisotopic (exact) mass is 382 g/mol. The van der Waals surface area contributed by atoms with Gasteiger partial charge < -0.3 is 14.7 Å². The van der Waals surface area contributed by atoms with Gasteiger partial charge in [0.15, 0.2) is 0 Å². The van der Waals surface area contributed by atoms with Crippen molar-refractivity contribution >= 4 is 5.91 Å². The van der Waals surface area contributed by atoms with Gasteiger partial charge in [0.25, 0.3) is 0 Å². The number of nitrogens with zero attached hydrogens (tertiary/aromatic N) is 2. The van der Waals surface area contributed by atoms with Gasteiger partial charge in [-0.3, -0.25) is 9.69 Å². The van der Waals surface area contributed by atoms with Crippen molar-refractivity contribution in [1.29, 1.82) is 0 Å². The maximum absolute atomic E-state index is 13.9. The molecule has 1 N–H and O–H groups in total. The average Bonchev–Trinajstić information content (AvgIpc) is 2.69. The smallest absolute Gasteiger partial charge is 0.227 e. The van der Waals surface area contributed by atoms with Crippen molar-refractivity contribution in [1.82, 2.24) is 9.80 Å². The van der Waals surface area contributed by atoms with Gasteiger partial charge in [-0.25, -0.2) is 8.78 Å². The predicted molar refractivity (Wildman–Crippen MR) is 97.2 cm³/mol. The second-order valence-corrected chi connectivity index (χ2v) is 7.38. The van der Waals surface area contributed by atoms with Crippen LogP contribution < -0.4 is 0 Å². The number of ether oxygens (including phenoxy) is 1. The lowest BCUT2D eigenvalue weighted by Gasteiger charge is -2.45. The molecule has 0 aliphatic carbocycles. The third-order valence-corrected chi connectivity index (χ3v) is 5.65. The normalized spacial score (nSPS) is 24.2. The zero-order chi connectivity index (χ0) is 19.2. The summed E-state index contributed by atoms with van der Waals surface area (Å²) < 4.78 is 32.4. The summed E-state index contributed by atoms with van der Waals surface area (Å²) in [7, 11) is 0. The van der Waals surface area contributed by atoms with E-state index in [1.54, 1.807) is 4.90 Å². The second kappa shape index (κ2) is 9.57. The van der Waals surface area contributed by atoms with Crippen molar-refractivity contribution in [2.24, 2.45) is 5.92 Å². The average molecular weight is 382 g/mol. The minimum absolute atomic E-state index is 0.0545. The van der Waals surface area contributed by atoms with Gasteiger partial charge >= 0.3 is 0 Å². The van der Waals surface area contributed by atoms with Crippen molar-refractivity contribution < 1.29 is 23.4 Å². The molecular weight excluding hydrogens is 354 g/mol. The fourth-order valence-corrected chi connectivity index (χ4v) is 4.21. The molecule has 3 rings (SSSR count). The Labute approximate surface area is 158 Å². The summed E-state index contributed by atoms with van der Waals surface area (Å²) in [6.07, 6.45) is 2.38. The summed E-state index contributed by atoms with van der Waals surface area (Å²) in [6, 6.07) is 3.72. The number of hydrogen-bond acceptors (Lipinski definition) is 4. The molecule has 150 valence electrons. The molecule has 0 aromatic heterocycles. The molecule has 27 heavy (non-hydrogen) atoms. The first kappa shape index (κ1) is 20.2. The number of amides is 1. The third-order valence-electron chi connectivity index (χ3n) is 5.65. The lowest BCUT2D eigenvalue weighted by molar-refractivity contribution is -0.134. The quantitative estimate of drug-likeness (QED) is 0.816. The summed E-state index contributed by atoms with van der Waals surface area (Å²) in [4.78, 5) is 16.9. The molecule has 0 radical (unpaired) electrons. The van der Waals surface area contributed by atoms with Crippen molar-refractivity contribution in [3.8, 4) is 0 Å². The zero-order valence-corrected chi connectivity index (χ0v) is 15.6. The van der Waals surface area contributed by atoms with Crippen LogP contribution in [-0.4, -0.2) is 72.9 Å². The van der Waals surface area contributed by atoms with E-state index in [1.165, 1.54) is 12.1 Å². The van der Waals surface area contributed by atoms with Crippen LogP contribution in [0.5, 0.6) is 0 Å². The number of aliphatic hydroxyl groups is 1. The lowest BCUT2D eigenvalue weighted by atomic mass is 9.86. The molecule has 0 saturated carbocycles. The SMILES string of the molecule is O=C(Cc1ccc(F)cc1F)N1CC[C@H](N2CCOCC2)[C@H](CCCO)C1. The maximum Gasteiger partial charge on any atom is 0.227 e. The number of aliphatic hydroxyl groups excluding tert-OH is 1. The Morgan fingerprint density at radius 1 is 1.22 bits per heavy atom. The number of likely N-dealkylation sites (tertiary alicyclic amines) is 1. The molecule has 2 heterocycles. The fourth-order valence-electron chi connectivity index (χ4n) is 4.21. The molecule has 1 amide bonds. The number of piperidine rings is 1. The summed E-state index contributed by atoms with van der Waals surface area (Å²) in [5.74, 6) is -1.16. The molecule has 1 aromatic rings. The number of halogens is 2. The minimum atomic E-state index is -0.677. The van der Waals surface area contributed by atoms with Gasteiger partial charge in [0.2, 0.25) is 5.91 Å². The standard InChI is InChI=1S/C20H28F2N2O3/c21-17-4-3-15(18(22)13-17)12-20(26)24-6-5-19(16(14-24)2-1-9-25)23-7-10-27-11-8-23/h3-4,13,16,19,25H,1-2,5-12,14H2/t16-,19+/m1/s1. The van der Waals surface area contributed by atoms with Crippen molar-refractivity contribution in [3.05, 3.63) is 35.4 Å². The van der Waals surface area contributed by atoms with Crippen LogP contribution in [-0.2, 0) is 16.0 Å². The molecule has 2 aliphatic rings. The van der Waals surface area contributed by atoms with E-state index in [0.29, 0.717) is 25.6 Å². The van der Waals surface area contributed by atoms with Crippen LogP contribution in [0.15, 0.2) is 18.2 Å². The summed E-state index contributed by atoms with van der Waals surface area (Å²) in [5, 5.41) is 9.23. The first-order valence-electron chi connectivity index (χ1n) is 9.73. The molecule has 0 unspecified atom stereocenters. The molecule has 0 spiro atoms. The summed E-state index contributed by atoms with van der Waals surface area (Å²) >= 11 is 0. The Morgan fingerprint density at radius 2 is 2.00 bits per heavy atom. The first-order chi connectivity index (χ1) is 13.1. The highest BCUT2D eigenvalue weighted by Gasteiger charge is 2.35. The van der Waals surface area contributed by atoms with Gasteiger partial charge in [-0.15, -0.1) is 0 Å². The van der Waals surface area contributed by atoms with Crippen molar-refractivity contribution in [3.63, 3.8) is 0 Å². The van der Waals surface area contributed by atoms with E-state index >= 15 is 0 Å². The molecule has 2 fully saturated rings. The molecular formula is C20H28F2N2O3. The number of rotatable bonds is 6. The van der Waals surface area contributed by atoms with Crippen LogP contribution in [0.2, 0.25) is 0 Å². The van der Waals surface area contributed by atoms with Crippen LogP contribution >= 0.6 is 0 Å². The predicted octanol–water partition coefficient (Wildman–Crippen LogP) is 1.83. The van der Waals surface area contributed by atoms with Crippen LogP contribution in [0.4, 0.5) is 8.78 Å².